The highest BCUT2D eigenvalue weighted by Gasteiger charge is 2.10. The highest BCUT2D eigenvalue weighted by molar-refractivity contribution is 7.14. The standard InChI is InChI=1S/C17H14ClN3O2S2/c18-12-5-3-11(4-6-12)13-10-25-17(20-13)21-15(22)7-8-19-16(23)14-2-1-9-24-14/h1-6,9-10H,7-8H2,(H,19,23)(H,20,21,22). The number of amides is 2. The summed E-state index contributed by atoms with van der Waals surface area (Å²) in [5.74, 6) is -0.356. The van der Waals surface area contributed by atoms with Gasteiger partial charge in [0.05, 0.1) is 10.6 Å². The zero-order chi connectivity index (χ0) is 17.6. The molecule has 0 atom stereocenters. The fourth-order valence-electron chi connectivity index (χ4n) is 2.05. The van der Waals surface area contributed by atoms with E-state index in [0.717, 1.165) is 11.3 Å². The summed E-state index contributed by atoms with van der Waals surface area (Å²) in [7, 11) is 0. The van der Waals surface area contributed by atoms with E-state index in [1.54, 1.807) is 18.2 Å². The fraction of sp³-hybridized carbons (Fsp3) is 0.118. The molecule has 0 aliphatic heterocycles. The van der Waals surface area contributed by atoms with Gasteiger partial charge in [-0.25, -0.2) is 4.98 Å². The minimum absolute atomic E-state index is 0.165. The van der Waals surface area contributed by atoms with Gasteiger partial charge in [0.2, 0.25) is 5.91 Å². The number of anilines is 1. The second kappa shape index (κ2) is 8.24. The molecule has 0 saturated carbocycles. The number of halogens is 1. The molecule has 0 unspecified atom stereocenters. The molecule has 2 amide bonds. The van der Waals surface area contributed by atoms with E-state index in [2.05, 4.69) is 15.6 Å². The van der Waals surface area contributed by atoms with Gasteiger partial charge in [0, 0.05) is 28.9 Å². The van der Waals surface area contributed by atoms with Crippen LogP contribution in [0.3, 0.4) is 0 Å². The van der Waals surface area contributed by atoms with Gasteiger partial charge in [-0.3, -0.25) is 9.59 Å². The molecule has 0 aliphatic rings. The van der Waals surface area contributed by atoms with Gasteiger partial charge >= 0.3 is 0 Å². The first kappa shape index (κ1) is 17.6. The number of nitrogens with one attached hydrogen (secondary N) is 2. The Balaban J connectivity index is 1.48. The van der Waals surface area contributed by atoms with Crippen molar-refractivity contribution in [2.75, 3.05) is 11.9 Å². The SMILES string of the molecule is O=C(CCNC(=O)c1cccs1)Nc1nc(-c2ccc(Cl)cc2)cs1. The van der Waals surface area contributed by atoms with Gasteiger partial charge in [-0.1, -0.05) is 29.8 Å². The number of benzene rings is 1. The lowest BCUT2D eigenvalue weighted by molar-refractivity contribution is -0.116. The molecule has 0 saturated heterocycles. The summed E-state index contributed by atoms with van der Waals surface area (Å²) in [6.07, 6.45) is 0.187. The van der Waals surface area contributed by atoms with Crippen molar-refractivity contribution in [1.82, 2.24) is 10.3 Å². The van der Waals surface area contributed by atoms with Crippen LogP contribution in [0.5, 0.6) is 0 Å². The Bertz CT molecular complexity index is 860. The van der Waals surface area contributed by atoms with Crippen molar-refractivity contribution in [3.63, 3.8) is 0 Å². The molecular weight excluding hydrogens is 378 g/mol. The van der Waals surface area contributed by atoms with Gasteiger partial charge in [0.25, 0.3) is 5.91 Å². The number of carbonyl (C=O) groups excluding carboxylic acids is 2. The van der Waals surface area contributed by atoms with Crippen LogP contribution >= 0.6 is 34.3 Å². The van der Waals surface area contributed by atoms with E-state index < -0.39 is 0 Å². The summed E-state index contributed by atoms with van der Waals surface area (Å²) in [6, 6.07) is 10.9. The van der Waals surface area contributed by atoms with Crippen LogP contribution in [-0.4, -0.2) is 23.3 Å². The first-order valence-corrected chi connectivity index (χ1v) is 9.58. The average Bonchev–Trinajstić information content (AvgIpc) is 3.27. The molecule has 5 nitrogen and oxygen atoms in total. The molecule has 128 valence electrons. The van der Waals surface area contributed by atoms with Gasteiger partial charge in [0.1, 0.15) is 0 Å². The zero-order valence-corrected chi connectivity index (χ0v) is 15.4. The molecule has 3 rings (SSSR count). The highest BCUT2D eigenvalue weighted by Crippen LogP contribution is 2.26. The van der Waals surface area contributed by atoms with Crippen molar-refractivity contribution in [1.29, 1.82) is 0 Å². The summed E-state index contributed by atoms with van der Waals surface area (Å²) < 4.78 is 0. The first-order valence-electron chi connectivity index (χ1n) is 7.45. The van der Waals surface area contributed by atoms with Crippen LogP contribution in [0.25, 0.3) is 11.3 Å². The molecule has 2 aromatic heterocycles. The molecule has 2 heterocycles. The molecule has 3 aromatic rings. The lowest BCUT2D eigenvalue weighted by atomic mass is 10.2. The smallest absolute Gasteiger partial charge is 0.261 e. The Labute approximate surface area is 157 Å². The van der Waals surface area contributed by atoms with E-state index in [-0.39, 0.29) is 24.8 Å². The largest absolute Gasteiger partial charge is 0.351 e. The van der Waals surface area contributed by atoms with Crippen molar-refractivity contribution in [2.24, 2.45) is 0 Å². The van der Waals surface area contributed by atoms with Gasteiger partial charge in [-0.15, -0.1) is 22.7 Å². The normalized spacial score (nSPS) is 10.4. The minimum atomic E-state index is -0.191. The molecule has 1 aromatic carbocycles. The predicted molar refractivity (Wildman–Crippen MR) is 102 cm³/mol. The summed E-state index contributed by atoms with van der Waals surface area (Å²) in [5, 5.41) is 10.4. The zero-order valence-electron chi connectivity index (χ0n) is 13.0. The quantitative estimate of drug-likeness (QED) is 0.658. The second-order valence-corrected chi connectivity index (χ2v) is 7.32. The third-order valence-electron chi connectivity index (χ3n) is 3.27. The summed E-state index contributed by atoms with van der Waals surface area (Å²) in [5.41, 5.74) is 1.72. The van der Waals surface area contributed by atoms with E-state index in [1.807, 2.05) is 29.0 Å². The summed E-state index contributed by atoms with van der Waals surface area (Å²) in [6.45, 7) is 0.276. The maximum Gasteiger partial charge on any atom is 0.261 e. The van der Waals surface area contributed by atoms with E-state index in [0.29, 0.717) is 15.0 Å². The van der Waals surface area contributed by atoms with Gasteiger partial charge in [-0.05, 0) is 23.6 Å². The monoisotopic (exact) mass is 391 g/mol. The molecule has 0 fully saturated rings. The van der Waals surface area contributed by atoms with E-state index in [1.165, 1.54) is 22.7 Å². The first-order chi connectivity index (χ1) is 12.1. The molecule has 2 N–H and O–H groups in total. The molecular formula is C17H14ClN3O2S2. The van der Waals surface area contributed by atoms with Crippen LogP contribution in [0.15, 0.2) is 47.2 Å². The Kier molecular flexibility index (Phi) is 5.80. The van der Waals surface area contributed by atoms with Crippen LogP contribution in [0.2, 0.25) is 5.02 Å². The fourth-order valence-corrected chi connectivity index (χ4v) is 3.55. The number of carbonyl (C=O) groups is 2. The number of thiazole rings is 1. The van der Waals surface area contributed by atoms with Crippen LogP contribution in [0, 0.1) is 0 Å². The molecule has 0 spiro atoms. The lowest BCUT2D eigenvalue weighted by Gasteiger charge is -2.03. The van der Waals surface area contributed by atoms with Crippen molar-refractivity contribution in [2.45, 2.75) is 6.42 Å². The van der Waals surface area contributed by atoms with E-state index >= 15 is 0 Å². The maximum absolute atomic E-state index is 12.0. The van der Waals surface area contributed by atoms with Crippen molar-refractivity contribution in [3.8, 4) is 11.3 Å². The van der Waals surface area contributed by atoms with Crippen LogP contribution in [0.4, 0.5) is 5.13 Å². The average molecular weight is 392 g/mol. The Morgan fingerprint density at radius 3 is 2.64 bits per heavy atom. The number of thiophene rings is 1. The summed E-state index contributed by atoms with van der Waals surface area (Å²) in [4.78, 5) is 28.8. The Hall–Kier alpha value is -2.22. The second-order valence-electron chi connectivity index (χ2n) is 5.08. The minimum Gasteiger partial charge on any atom is -0.351 e. The lowest BCUT2D eigenvalue weighted by Crippen LogP contribution is -2.27. The topological polar surface area (TPSA) is 71.1 Å². The summed E-state index contributed by atoms with van der Waals surface area (Å²) >= 11 is 8.59. The number of aromatic nitrogens is 1. The Morgan fingerprint density at radius 2 is 1.92 bits per heavy atom. The highest BCUT2D eigenvalue weighted by atomic mass is 35.5. The molecule has 0 bridgehead atoms. The van der Waals surface area contributed by atoms with E-state index in [9.17, 15) is 9.59 Å². The van der Waals surface area contributed by atoms with E-state index in [4.69, 9.17) is 11.6 Å². The number of hydrogen-bond donors (Lipinski definition) is 2. The van der Waals surface area contributed by atoms with Crippen LogP contribution in [0.1, 0.15) is 16.1 Å². The van der Waals surface area contributed by atoms with Gasteiger partial charge < -0.3 is 10.6 Å². The molecule has 8 heteroatoms. The molecule has 25 heavy (non-hydrogen) atoms. The number of nitrogens with zero attached hydrogens (tertiary/aromatic N) is 1. The third-order valence-corrected chi connectivity index (χ3v) is 5.15. The number of hydrogen-bond acceptors (Lipinski definition) is 5. The van der Waals surface area contributed by atoms with Gasteiger partial charge in [-0.2, -0.15) is 0 Å². The Morgan fingerprint density at radius 1 is 1.12 bits per heavy atom. The van der Waals surface area contributed by atoms with Crippen LogP contribution < -0.4 is 10.6 Å². The van der Waals surface area contributed by atoms with Crippen molar-refractivity contribution >= 4 is 51.2 Å². The predicted octanol–water partition coefficient (Wildman–Crippen LogP) is 4.28. The maximum atomic E-state index is 12.0. The van der Waals surface area contributed by atoms with Crippen LogP contribution in [-0.2, 0) is 4.79 Å². The molecule has 0 aliphatic carbocycles. The molecule has 0 radical (unpaired) electrons. The van der Waals surface area contributed by atoms with Crippen molar-refractivity contribution in [3.05, 3.63) is 57.1 Å². The van der Waals surface area contributed by atoms with Crippen molar-refractivity contribution < 1.29 is 9.59 Å². The third kappa shape index (κ3) is 4.88. The van der Waals surface area contributed by atoms with Gasteiger partial charge in [0.15, 0.2) is 5.13 Å². The number of rotatable bonds is 6.